The highest BCUT2D eigenvalue weighted by Gasteiger charge is 2.40. The summed E-state index contributed by atoms with van der Waals surface area (Å²) in [7, 11) is 0. The predicted molar refractivity (Wildman–Crippen MR) is 486 cm³/mol. The molecule has 0 atom stereocenters. The zero-order chi connectivity index (χ0) is 78.6. The first-order valence-electron chi connectivity index (χ1n) is 40.3. The maximum atomic E-state index is 12.3. The molecule has 0 spiro atoms. The summed E-state index contributed by atoms with van der Waals surface area (Å²) < 4.78 is 9.32. The van der Waals surface area contributed by atoms with Crippen LogP contribution >= 0.6 is 0 Å². The van der Waals surface area contributed by atoms with Crippen molar-refractivity contribution in [1.82, 2.24) is 28.2 Å². The van der Waals surface area contributed by atoms with Crippen molar-refractivity contribution >= 4 is 154 Å². The molecule has 24 rings (SSSR count). The molecule has 0 unspecified atom stereocenters. The minimum Gasteiger partial charge on any atom is -0.310 e. The van der Waals surface area contributed by atoms with Gasteiger partial charge in [0.15, 0.2) is 0 Å². The Bertz CT molecular complexity index is 8060. The van der Waals surface area contributed by atoms with E-state index in [2.05, 4.69) is 408 Å². The van der Waals surface area contributed by atoms with Gasteiger partial charge in [-0.25, -0.2) is 0 Å². The third kappa shape index (κ3) is 9.31. The van der Waals surface area contributed by atoms with Crippen molar-refractivity contribution in [1.29, 1.82) is 10.5 Å². The number of fused-ring (bicyclic) bond motifs is 22. The second kappa shape index (κ2) is 24.9. The van der Waals surface area contributed by atoms with Crippen LogP contribution in [0.4, 0.5) is 34.1 Å². The molecule has 0 saturated heterocycles. The summed E-state index contributed by atoms with van der Waals surface area (Å²) in [5.41, 5.74) is 28.5. The number of anilines is 6. The van der Waals surface area contributed by atoms with Crippen LogP contribution in [0.3, 0.4) is 0 Å². The molecule has 10 heteroatoms. The van der Waals surface area contributed by atoms with Gasteiger partial charge in [-0.3, -0.25) is 9.97 Å². The number of nitriles is 2. The molecule has 22 aromatic rings. The number of aromatic nitrogens is 6. The summed E-state index contributed by atoms with van der Waals surface area (Å²) in [4.78, 5) is 15.0. The van der Waals surface area contributed by atoms with Gasteiger partial charge in [0.1, 0.15) is 12.1 Å². The second-order valence-electron chi connectivity index (χ2n) is 32.6. The first-order valence-corrected chi connectivity index (χ1v) is 40.3. The molecule has 0 N–H and O–H groups in total. The molecule has 7 heterocycles. The Morgan fingerprint density at radius 3 is 0.983 bits per heavy atom. The van der Waals surface area contributed by atoms with Crippen molar-refractivity contribution in [3.05, 3.63) is 385 Å². The highest BCUT2D eigenvalue weighted by atomic mass is 15.2. The quantitative estimate of drug-likeness (QED) is 0.141. The van der Waals surface area contributed by atoms with Crippen molar-refractivity contribution in [2.45, 2.75) is 38.5 Å². The van der Waals surface area contributed by atoms with Crippen LogP contribution in [0.2, 0.25) is 0 Å². The Hall–Kier alpha value is -15.6. The van der Waals surface area contributed by atoms with E-state index in [1.807, 2.05) is 12.4 Å². The number of rotatable bonds is 8. The molecule has 0 bridgehead atoms. The first-order chi connectivity index (χ1) is 58.0. The van der Waals surface area contributed by atoms with Crippen LogP contribution < -0.4 is 9.80 Å². The Labute approximate surface area is 679 Å². The van der Waals surface area contributed by atoms with Crippen molar-refractivity contribution in [3.8, 4) is 57.1 Å². The highest BCUT2D eigenvalue weighted by Crippen LogP contribution is 2.57. The lowest BCUT2D eigenvalue weighted by atomic mass is 9.72. The summed E-state index contributed by atoms with van der Waals surface area (Å²) in [6.07, 6.45) is 3.62. The lowest BCUT2D eigenvalue weighted by molar-refractivity contribution is 0.632. The lowest BCUT2D eigenvalue weighted by Crippen LogP contribution is -2.30. The molecule has 552 valence electrons. The van der Waals surface area contributed by atoms with Gasteiger partial charge in [-0.1, -0.05) is 240 Å². The maximum absolute atomic E-state index is 12.3. The van der Waals surface area contributed by atoms with Gasteiger partial charge < -0.3 is 28.1 Å². The van der Waals surface area contributed by atoms with Gasteiger partial charge in [0, 0.05) is 99.6 Å². The van der Waals surface area contributed by atoms with Crippen LogP contribution in [0, 0.1) is 22.7 Å². The van der Waals surface area contributed by atoms with E-state index in [9.17, 15) is 10.5 Å². The third-order valence-electron chi connectivity index (χ3n) is 25.9. The molecule has 5 aromatic heterocycles. The first kappa shape index (κ1) is 66.9. The number of hydrogen-bond acceptors (Lipinski definition) is 6. The minimum atomic E-state index is -0.451. The maximum Gasteiger partial charge on any atom is 0.101 e. The SMILES string of the molecule is CC1(C)c2ccccc2N(c2ccc3c(c2)c2cc(N4c5ccccc5C(C)(C)c5cc(-c6cccc7c6c6ccccc6n7-c6cc(-n7c8ccccc8c8ccccc87)c(-c7cc(C#N)c(-n8c9ccccc9c9ccccc98)cc7-n7c8ccccc8c8ccccc87)cc6C#N)ccc54)ccc2c2nccnc32)c2ccccc21. The third-order valence-corrected chi connectivity index (χ3v) is 25.9. The summed E-state index contributed by atoms with van der Waals surface area (Å²) in [6.45, 7) is 9.41. The average molecular weight is 1510 g/mol. The molecule has 10 nitrogen and oxygen atoms in total. The number of nitrogens with zero attached hydrogens (tertiary/aromatic N) is 10. The standard InChI is InChI=1S/C108H70N10/c1-107(2)84-34-12-22-44-95(84)113(96-45-23-13-35-85(96)107)68-49-51-77-80(59-68)81-60-69(50-52-78(81)106-105(77)111-54-55-112-106)114-97-46-24-14-36-86(97)108(3,4)87-58-65(48-53-98(87)114)70-33-25-47-99-104(70)79-32-11-21-43-94(79)118(99)101-62-103(117-92-41-19-9-30-75(92)76-31-10-20-42-93(76)117)83(57-67(101)64-110)82-56-66(63-109)100(115-88-37-15-5-26-71(88)72-27-6-16-38-89(72)115)61-102(82)116-90-39-17-7-28-73(90)74-29-8-18-40-91(74)116/h5-62H,1-4H3. The van der Waals surface area contributed by atoms with Crippen molar-refractivity contribution in [2.75, 3.05) is 9.80 Å². The number of hydrogen-bond donors (Lipinski definition) is 0. The number of para-hydroxylation sites is 10. The predicted octanol–water partition coefficient (Wildman–Crippen LogP) is 27.6. The molecule has 0 aliphatic carbocycles. The minimum absolute atomic E-state index is 0.207. The van der Waals surface area contributed by atoms with Crippen LogP contribution in [-0.2, 0) is 10.8 Å². The Morgan fingerprint density at radius 2 is 0.576 bits per heavy atom. The highest BCUT2D eigenvalue weighted by molar-refractivity contribution is 6.25. The zero-order valence-corrected chi connectivity index (χ0v) is 65.0. The molecule has 0 fully saturated rings. The lowest BCUT2D eigenvalue weighted by Gasteiger charge is -2.42. The zero-order valence-electron chi connectivity index (χ0n) is 65.0. The monoisotopic (exact) mass is 1510 g/mol. The Morgan fingerprint density at radius 1 is 0.246 bits per heavy atom. The molecule has 2 aliphatic heterocycles. The van der Waals surface area contributed by atoms with E-state index in [1.54, 1.807) is 0 Å². The number of benzene rings is 17. The van der Waals surface area contributed by atoms with Crippen LogP contribution in [0.5, 0.6) is 0 Å². The fraction of sp³-hybridized carbons (Fsp3) is 0.0556. The van der Waals surface area contributed by atoms with Crippen LogP contribution in [0.15, 0.2) is 352 Å². The van der Waals surface area contributed by atoms with E-state index >= 15 is 0 Å². The van der Waals surface area contributed by atoms with Crippen LogP contribution in [0.1, 0.15) is 61.1 Å². The molecular weight excluding hydrogens is 1440 g/mol. The van der Waals surface area contributed by atoms with Gasteiger partial charge in [-0.15, -0.1) is 0 Å². The summed E-state index contributed by atoms with van der Waals surface area (Å²) >= 11 is 0. The van der Waals surface area contributed by atoms with Gasteiger partial charge in [0.05, 0.1) is 112 Å². The smallest absolute Gasteiger partial charge is 0.101 e. The van der Waals surface area contributed by atoms with Gasteiger partial charge in [-0.05, 0) is 172 Å². The molecule has 2 aliphatic rings. The van der Waals surface area contributed by atoms with E-state index in [0.717, 1.165) is 188 Å². The van der Waals surface area contributed by atoms with Gasteiger partial charge in [0.25, 0.3) is 0 Å². The summed E-state index contributed by atoms with van der Waals surface area (Å²) in [5.74, 6) is 0. The van der Waals surface area contributed by atoms with E-state index < -0.39 is 5.41 Å². The van der Waals surface area contributed by atoms with Crippen molar-refractivity contribution in [2.24, 2.45) is 0 Å². The van der Waals surface area contributed by atoms with E-state index in [1.165, 1.54) is 33.6 Å². The molecule has 0 saturated carbocycles. The normalized spacial score (nSPS) is 13.5. The van der Waals surface area contributed by atoms with Crippen LogP contribution in [-0.4, -0.2) is 28.2 Å². The molecule has 0 amide bonds. The van der Waals surface area contributed by atoms with Gasteiger partial charge >= 0.3 is 0 Å². The average Bonchev–Trinajstić information content (AvgIpc) is 1.34. The van der Waals surface area contributed by atoms with Gasteiger partial charge in [-0.2, -0.15) is 10.5 Å². The molecular formula is C108H70N10. The Balaban J connectivity index is 0.716. The largest absolute Gasteiger partial charge is 0.310 e. The molecule has 118 heavy (non-hydrogen) atoms. The van der Waals surface area contributed by atoms with E-state index in [4.69, 9.17) is 9.97 Å². The molecule has 0 radical (unpaired) electrons. The van der Waals surface area contributed by atoms with E-state index in [0.29, 0.717) is 11.1 Å². The van der Waals surface area contributed by atoms with E-state index in [-0.39, 0.29) is 5.41 Å². The summed E-state index contributed by atoms with van der Waals surface area (Å²) in [6, 6.07) is 128. The van der Waals surface area contributed by atoms with Crippen molar-refractivity contribution < 1.29 is 0 Å². The second-order valence-corrected chi connectivity index (χ2v) is 32.6. The Kier molecular flexibility index (Phi) is 14.1. The fourth-order valence-corrected chi connectivity index (χ4v) is 20.6. The van der Waals surface area contributed by atoms with Crippen LogP contribution in [0.25, 0.3) is 165 Å². The topological polar surface area (TPSA) is 99.6 Å². The molecule has 17 aromatic carbocycles. The van der Waals surface area contributed by atoms with Gasteiger partial charge in [0.2, 0.25) is 0 Å². The summed E-state index contributed by atoms with van der Waals surface area (Å²) in [5, 5.41) is 37.2. The fourth-order valence-electron chi connectivity index (χ4n) is 20.6. The van der Waals surface area contributed by atoms with Crippen molar-refractivity contribution in [3.63, 3.8) is 0 Å².